The number of hydrogen-bond acceptors (Lipinski definition) is 4. The van der Waals surface area contributed by atoms with E-state index in [2.05, 4.69) is 31.2 Å². The molecule has 0 radical (unpaired) electrons. The molecular weight excluding hydrogens is 254 g/mol. The van der Waals surface area contributed by atoms with Crippen LogP contribution in [0.5, 0.6) is 0 Å². The predicted molar refractivity (Wildman–Crippen MR) is 82.1 cm³/mol. The van der Waals surface area contributed by atoms with E-state index in [1.54, 1.807) is 0 Å². The lowest BCUT2D eigenvalue weighted by molar-refractivity contribution is 0.217. The first kappa shape index (κ1) is 14.9. The van der Waals surface area contributed by atoms with E-state index in [1.165, 1.54) is 47.7 Å². The van der Waals surface area contributed by atoms with Gasteiger partial charge in [0.05, 0.1) is 10.7 Å². The fourth-order valence-electron chi connectivity index (χ4n) is 3.18. The standard InChI is InChI=1S/C15H27N3S/c1-4-12-5-7-13(8-6-12)14(18-16)9-15-17-10(2)11(3)19-15/h12-14,18H,4-9,16H2,1-3H3. The molecule has 1 aliphatic carbocycles. The van der Waals surface area contributed by atoms with Crippen molar-refractivity contribution in [3.63, 3.8) is 0 Å². The average molecular weight is 281 g/mol. The van der Waals surface area contributed by atoms with Crippen LogP contribution in [0.25, 0.3) is 0 Å². The Labute approximate surface area is 121 Å². The molecule has 0 aromatic carbocycles. The van der Waals surface area contributed by atoms with Gasteiger partial charge in [-0.25, -0.2) is 4.98 Å². The second-order valence-corrected chi connectivity index (χ2v) is 7.20. The number of thiazole rings is 1. The molecule has 0 bridgehead atoms. The molecule has 1 heterocycles. The van der Waals surface area contributed by atoms with Crippen molar-refractivity contribution in [2.45, 2.75) is 65.3 Å². The fourth-order valence-corrected chi connectivity index (χ4v) is 4.17. The Morgan fingerprint density at radius 3 is 2.47 bits per heavy atom. The minimum absolute atomic E-state index is 0.391. The summed E-state index contributed by atoms with van der Waals surface area (Å²) in [5.74, 6) is 7.45. The van der Waals surface area contributed by atoms with Crippen LogP contribution in [-0.4, -0.2) is 11.0 Å². The quantitative estimate of drug-likeness (QED) is 0.643. The molecule has 1 aromatic heterocycles. The normalized spacial score (nSPS) is 25.5. The summed E-state index contributed by atoms with van der Waals surface area (Å²) in [6, 6.07) is 0.391. The minimum atomic E-state index is 0.391. The molecule has 1 fully saturated rings. The minimum Gasteiger partial charge on any atom is -0.271 e. The Hall–Kier alpha value is -0.450. The summed E-state index contributed by atoms with van der Waals surface area (Å²) in [6.45, 7) is 6.55. The first-order valence-electron chi connectivity index (χ1n) is 7.53. The predicted octanol–water partition coefficient (Wildman–Crippen LogP) is 3.35. The van der Waals surface area contributed by atoms with Crippen LogP contribution in [0.4, 0.5) is 0 Å². The van der Waals surface area contributed by atoms with Gasteiger partial charge < -0.3 is 0 Å². The van der Waals surface area contributed by atoms with Crippen molar-refractivity contribution in [2.75, 3.05) is 0 Å². The van der Waals surface area contributed by atoms with Crippen molar-refractivity contribution in [3.8, 4) is 0 Å². The molecule has 1 saturated carbocycles. The molecule has 2 rings (SSSR count). The van der Waals surface area contributed by atoms with E-state index in [1.807, 2.05) is 11.3 Å². The monoisotopic (exact) mass is 281 g/mol. The van der Waals surface area contributed by atoms with Crippen molar-refractivity contribution in [1.29, 1.82) is 0 Å². The maximum atomic E-state index is 5.79. The number of nitrogens with one attached hydrogen (secondary N) is 1. The lowest BCUT2D eigenvalue weighted by Gasteiger charge is -2.33. The highest BCUT2D eigenvalue weighted by Gasteiger charge is 2.27. The van der Waals surface area contributed by atoms with Crippen molar-refractivity contribution in [2.24, 2.45) is 17.7 Å². The van der Waals surface area contributed by atoms with E-state index in [0.29, 0.717) is 6.04 Å². The third-order valence-corrected chi connectivity index (χ3v) is 5.81. The highest BCUT2D eigenvalue weighted by Crippen LogP contribution is 2.33. The maximum absolute atomic E-state index is 5.79. The zero-order chi connectivity index (χ0) is 13.8. The van der Waals surface area contributed by atoms with E-state index in [4.69, 9.17) is 5.84 Å². The molecule has 0 aliphatic heterocycles. The van der Waals surface area contributed by atoms with E-state index in [0.717, 1.165) is 18.3 Å². The molecule has 3 nitrogen and oxygen atoms in total. The van der Waals surface area contributed by atoms with Crippen molar-refractivity contribution >= 4 is 11.3 Å². The number of aromatic nitrogens is 1. The average Bonchev–Trinajstić information content (AvgIpc) is 2.75. The summed E-state index contributed by atoms with van der Waals surface area (Å²) in [5.41, 5.74) is 4.22. The van der Waals surface area contributed by atoms with Crippen molar-refractivity contribution < 1.29 is 0 Å². The molecule has 1 atom stereocenters. The summed E-state index contributed by atoms with van der Waals surface area (Å²) in [4.78, 5) is 5.98. The summed E-state index contributed by atoms with van der Waals surface area (Å²) in [6.07, 6.45) is 7.69. The molecule has 0 spiro atoms. The molecule has 108 valence electrons. The molecule has 1 aromatic rings. The van der Waals surface area contributed by atoms with E-state index < -0.39 is 0 Å². The van der Waals surface area contributed by atoms with E-state index in [-0.39, 0.29) is 0 Å². The van der Waals surface area contributed by atoms with Gasteiger partial charge >= 0.3 is 0 Å². The SMILES string of the molecule is CCC1CCC(C(Cc2nc(C)c(C)s2)NN)CC1. The van der Waals surface area contributed by atoms with Crippen LogP contribution in [0.3, 0.4) is 0 Å². The second kappa shape index (κ2) is 6.82. The molecule has 0 saturated heterocycles. The Balaban J connectivity index is 1.93. The van der Waals surface area contributed by atoms with Crippen LogP contribution in [0.1, 0.15) is 54.6 Å². The van der Waals surface area contributed by atoms with E-state index >= 15 is 0 Å². The van der Waals surface area contributed by atoms with Crippen LogP contribution in [0.15, 0.2) is 0 Å². The lowest BCUT2D eigenvalue weighted by Crippen LogP contribution is -2.43. The summed E-state index contributed by atoms with van der Waals surface area (Å²) in [5, 5.41) is 1.23. The number of nitrogens with two attached hydrogens (primary N) is 1. The van der Waals surface area contributed by atoms with Gasteiger partial charge in [0.1, 0.15) is 0 Å². The van der Waals surface area contributed by atoms with Gasteiger partial charge in [0.2, 0.25) is 0 Å². The van der Waals surface area contributed by atoms with Crippen LogP contribution >= 0.6 is 11.3 Å². The van der Waals surface area contributed by atoms with Crippen LogP contribution < -0.4 is 11.3 Å². The largest absolute Gasteiger partial charge is 0.271 e. The molecule has 0 amide bonds. The zero-order valence-corrected chi connectivity index (χ0v) is 13.2. The fraction of sp³-hybridized carbons (Fsp3) is 0.800. The Morgan fingerprint density at radius 2 is 2.00 bits per heavy atom. The van der Waals surface area contributed by atoms with Gasteiger partial charge in [-0.3, -0.25) is 11.3 Å². The summed E-state index contributed by atoms with van der Waals surface area (Å²) < 4.78 is 0. The van der Waals surface area contributed by atoms with Gasteiger partial charge in [-0.05, 0) is 38.5 Å². The molecule has 19 heavy (non-hydrogen) atoms. The van der Waals surface area contributed by atoms with Crippen molar-refractivity contribution in [3.05, 3.63) is 15.6 Å². The first-order chi connectivity index (χ1) is 9.13. The highest BCUT2D eigenvalue weighted by molar-refractivity contribution is 7.11. The van der Waals surface area contributed by atoms with E-state index in [9.17, 15) is 0 Å². The highest BCUT2D eigenvalue weighted by atomic mass is 32.1. The number of hydrazine groups is 1. The Bertz CT molecular complexity index is 375. The Kier molecular flexibility index (Phi) is 5.37. The first-order valence-corrected chi connectivity index (χ1v) is 8.34. The van der Waals surface area contributed by atoms with Crippen LogP contribution in [0, 0.1) is 25.7 Å². The van der Waals surface area contributed by atoms with Gasteiger partial charge in [0.15, 0.2) is 0 Å². The zero-order valence-electron chi connectivity index (χ0n) is 12.4. The van der Waals surface area contributed by atoms with Crippen LogP contribution in [0.2, 0.25) is 0 Å². The maximum Gasteiger partial charge on any atom is 0.0947 e. The number of rotatable bonds is 5. The Morgan fingerprint density at radius 1 is 1.32 bits per heavy atom. The number of aryl methyl sites for hydroxylation is 2. The van der Waals surface area contributed by atoms with Gasteiger partial charge in [0.25, 0.3) is 0 Å². The molecular formula is C15H27N3S. The topological polar surface area (TPSA) is 50.9 Å². The third kappa shape index (κ3) is 3.77. The molecule has 1 unspecified atom stereocenters. The summed E-state index contributed by atoms with van der Waals surface area (Å²) in [7, 11) is 0. The van der Waals surface area contributed by atoms with Crippen LogP contribution in [-0.2, 0) is 6.42 Å². The van der Waals surface area contributed by atoms with Gasteiger partial charge in [-0.1, -0.05) is 26.2 Å². The smallest absolute Gasteiger partial charge is 0.0947 e. The molecule has 1 aliphatic rings. The second-order valence-electron chi connectivity index (χ2n) is 5.92. The van der Waals surface area contributed by atoms with Gasteiger partial charge in [-0.2, -0.15) is 0 Å². The van der Waals surface area contributed by atoms with Crippen molar-refractivity contribution in [1.82, 2.24) is 10.4 Å². The lowest BCUT2D eigenvalue weighted by atomic mass is 9.77. The number of nitrogens with zero attached hydrogens (tertiary/aromatic N) is 1. The molecule has 4 heteroatoms. The van der Waals surface area contributed by atoms with Gasteiger partial charge in [-0.15, -0.1) is 11.3 Å². The summed E-state index contributed by atoms with van der Waals surface area (Å²) >= 11 is 1.82. The third-order valence-electron chi connectivity index (χ3n) is 4.72. The molecule has 3 N–H and O–H groups in total. The number of hydrogen-bond donors (Lipinski definition) is 2. The van der Waals surface area contributed by atoms with Gasteiger partial charge in [0, 0.05) is 17.3 Å².